The van der Waals surface area contributed by atoms with Crippen LogP contribution in [0, 0.1) is 0 Å². The molecule has 0 aliphatic carbocycles. The summed E-state index contributed by atoms with van der Waals surface area (Å²) in [5.41, 5.74) is 7.17. The van der Waals surface area contributed by atoms with Crippen LogP contribution in [0.5, 0.6) is 0 Å². The highest BCUT2D eigenvalue weighted by molar-refractivity contribution is 5.23. The molecule has 0 fully saturated rings. The summed E-state index contributed by atoms with van der Waals surface area (Å²) in [5.74, 6) is 4.93. The van der Waals surface area contributed by atoms with Gasteiger partial charge in [0.1, 0.15) is 0 Å². The molecule has 8 heavy (non-hydrogen) atoms. The fourth-order valence-corrected chi connectivity index (χ4v) is 0.293. The fraction of sp³-hybridized carbons (Fsp3) is 0. The summed E-state index contributed by atoms with van der Waals surface area (Å²) in [6.07, 6.45) is 0. The zero-order valence-electron chi connectivity index (χ0n) is 3.96. The van der Waals surface area contributed by atoms with Gasteiger partial charge in [-0.15, -0.1) is 0 Å². The summed E-state index contributed by atoms with van der Waals surface area (Å²) in [5, 5.41) is 3.24. The van der Waals surface area contributed by atoms with Gasteiger partial charge in [-0.1, -0.05) is 0 Å². The maximum Gasteiger partial charge on any atom is 0.337 e. The molecule has 5 N–H and O–H groups in total. The second-order valence-electron chi connectivity index (χ2n) is 1.10. The lowest BCUT2D eigenvalue weighted by Crippen LogP contribution is -2.06. The van der Waals surface area contributed by atoms with E-state index in [1.165, 1.54) is 0 Å². The molecule has 6 heteroatoms. The number of hydrogen-bond donors (Lipinski definition) is 3. The van der Waals surface area contributed by atoms with E-state index < -0.39 is 0 Å². The van der Waals surface area contributed by atoms with Crippen molar-refractivity contribution in [3.05, 3.63) is 0 Å². The van der Waals surface area contributed by atoms with Crippen molar-refractivity contribution in [1.82, 2.24) is 10.1 Å². The van der Waals surface area contributed by atoms with Crippen LogP contribution in [0.15, 0.2) is 4.52 Å². The largest absolute Gasteiger partial charge is 0.365 e. The predicted molar refractivity (Wildman–Crippen MR) is 26.5 cm³/mol. The highest BCUT2D eigenvalue weighted by atomic mass is 16.5. The average molecular weight is 115 g/mol. The Labute approximate surface area is 44.8 Å². The molecule has 0 unspecified atom stereocenters. The fourth-order valence-electron chi connectivity index (χ4n) is 0.293. The zero-order chi connectivity index (χ0) is 5.98. The van der Waals surface area contributed by atoms with E-state index in [4.69, 9.17) is 11.6 Å². The summed E-state index contributed by atoms with van der Waals surface area (Å²) >= 11 is 0. The van der Waals surface area contributed by atoms with Gasteiger partial charge in [0.25, 0.3) is 5.95 Å². The second-order valence-corrected chi connectivity index (χ2v) is 1.10. The minimum absolute atomic E-state index is 0.0675. The first kappa shape index (κ1) is 4.85. The Morgan fingerprint density at radius 3 is 2.62 bits per heavy atom. The Morgan fingerprint density at radius 2 is 2.38 bits per heavy atom. The van der Waals surface area contributed by atoms with Crippen LogP contribution in [0.4, 0.5) is 12.0 Å². The Hall–Kier alpha value is -1.30. The van der Waals surface area contributed by atoms with Gasteiger partial charge in [-0.2, -0.15) is 4.98 Å². The molecule has 0 radical (unpaired) electrons. The lowest BCUT2D eigenvalue weighted by molar-refractivity contribution is 0.433. The molecule has 0 atom stereocenters. The molecular formula is C2H5N5O. The number of anilines is 2. The first-order chi connectivity index (χ1) is 3.83. The van der Waals surface area contributed by atoms with Crippen LogP contribution in [-0.2, 0) is 0 Å². The molecular weight excluding hydrogens is 110 g/mol. The molecule has 0 saturated heterocycles. The Balaban J connectivity index is 2.84. The van der Waals surface area contributed by atoms with E-state index in [1.807, 2.05) is 0 Å². The van der Waals surface area contributed by atoms with Crippen molar-refractivity contribution in [3.8, 4) is 0 Å². The number of nitrogen functional groups attached to an aromatic ring is 2. The van der Waals surface area contributed by atoms with Crippen molar-refractivity contribution in [3.63, 3.8) is 0 Å². The molecule has 1 aromatic heterocycles. The summed E-state index contributed by atoms with van der Waals surface area (Å²) < 4.78 is 4.39. The van der Waals surface area contributed by atoms with E-state index in [0.717, 1.165) is 0 Å². The van der Waals surface area contributed by atoms with Gasteiger partial charge in [-0.05, 0) is 5.16 Å². The van der Waals surface area contributed by atoms with Crippen LogP contribution in [-0.4, -0.2) is 10.1 Å². The third kappa shape index (κ3) is 0.684. The topological polar surface area (TPSA) is 103 Å². The quantitative estimate of drug-likeness (QED) is 0.318. The SMILES string of the molecule is NNc1nc(N)no1. The normalized spacial score (nSPS) is 9.12. The second kappa shape index (κ2) is 1.66. The van der Waals surface area contributed by atoms with E-state index in [0.29, 0.717) is 0 Å². The van der Waals surface area contributed by atoms with Crippen molar-refractivity contribution < 1.29 is 4.52 Å². The summed E-state index contributed by atoms with van der Waals surface area (Å²) in [6.45, 7) is 0. The molecule has 0 spiro atoms. The number of nitrogens with two attached hydrogens (primary N) is 2. The lowest BCUT2D eigenvalue weighted by Gasteiger charge is -1.81. The molecule has 0 aromatic carbocycles. The van der Waals surface area contributed by atoms with Crippen molar-refractivity contribution in [2.24, 2.45) is 5.84 Å². The molecule has 1 heterocycles. The molecule has 6 nitrogen and oxygen atoms in total. The van der Waals surface area contributed by atoms with E-state index in [9.17, 15) is 0 Å². The van der Waals surface area contributed by atoms with Crippen LogP contribution in [0.1, 0.15) is 0 Å². The van der Waals surface area contributed by atoms with Crippen LogP contribution in [0.3, 0.4) is 0 Å². The van der Waals surface area contributed by atoms with Crippen LogP contribution in [0.25, 0.3) is 0 Å². The molecule has 44 valence electrons. The van der Waals surface area contributed by atoms with E-state index in [1.54, 1.807) is 0 Å². The van der Waals surface area contributed by atoms with Crippen molar-refractivity contribution in [1.29, 1.82) is 0 Å². The highest BCUT2D eigenvalue weighted by Gasteiger charge is 1.95. The van der Waals surface area contributed by atoms with Gasteiger partial charge in [0.05, 0.1) is 0 Å². The molecule has 0 bridgehead atoms. The smallest absolute Gasteiger partial charge is 0.337 e. The van der Waals surface area contributed by atoms with Crippen molar-refractivity contribution >= 4 is 12.0 Å². The van der Waals surface area contributed by atoms with Gasteiger partial charge in [-0.25, -0.2) is 5.84 Å². The monoisotopic (exact) mass is 115 g/mol. The van der Waals surface area contributed by atoms with Crippen molar-refractivity contribution in [2.75, 3.05) is 11.2 Å². The minimum atomic E-state index is 0.0675. The lowest BCUT2D eigenvalue weighted by atomic mass is 11.0. The molecule has 1 rings (SSSR count). The summed E-state index contributed by atoms with van der Waals surface area (Å²) in [4.78, 5) is 3.49. The van der Waals surface area contributed by atoms with Crippen LogP contribution >= 0.6 is 0 Å². The third-order valence-corrected chi connectivity index (χ3v) is 0.565. The van der Waals surface area contributed by atoms with E-state index in [-0.39, 0.29) is 12.0 Å². The highest BCUT2D eigenvalue weighted by Crippen LogP contribution is 1.99. The van der Waals surface area contributed by atoms with Crippen LogP contribution < -0.4 is 17.0 Å². The number of hydrogen-bond acceptors (Lipinski definition) is 6. The number of nitrogens with zero attached hydrogens (tertiary/aromatic N) is 2. The molecule has 1 aromatic rings. The Morgan fingerprint density at radius 1 is 1.62 bits per heavy atom. The number of rotatable bonds is 1. The Bertz CT molecular complexity index is 171. The van der Waals surface area contributed by atoms with Gasteiger partial charge >= 0.3 is 6.01 Å². The molecule has 0 saturated carbocycles. The average Bonchev–Trinajstić information content (AvgIpc) is 2.14. The van der Waals surface area contributed by atoms with Gasteiger partial charge < -0.3 is 10.3 Å². The zero-order valence-corrected chi connectivity index (χ0v) is 3.96. The third-order valence-electron chi connectivity index (χ3n) is 0.565. The predicted octanol–water partition coefficient (Wildman–Crippen LogP) is -1.06. The van der Waals surface area contributed by atoms with Crippen LogP contribution in [0.2, 0.25) is 0 Å². The van der Waals surface area contributed by atoms with E-state index in [2.05, 4.69) is 20.1 Å². The van der Waals surface area contributed by atoms with Gasteiger partial charge in [0.15, 0.2) is 0 Å². The summed E-state index contributed by atoms with van der Waals surface area (Å²) in [6, 6.07) is 0.113. The van der Waals surface area contributed by atoms with Crippen molar-refractivity contribution in [2.45, 2.75) is 0 Å². The standard InChI is InChI=1S/C2H5N5O/c3-1-5-2(6-4)8-7-1/h4H2,(H3,3,5,6,7). The number of aromatic nitrogens is 2. The molecule has 0 aliphatic heterocycles. The van der Waals surface area contributed by atoms with Gasteiger partial charge in [0, 0.05) is 0 Å². The molecule has 0 aliphatic rings. The van der Waals surface area contributed by atoms with Gasteiger partial charge in [0.2, 0.25) is 0 Å². The maximum atomic E-state index is 5.04. The first-order valence-corrected chi connectivity index (χ1v) is 1.88. The maximum absolute atomic E-state index is 5.04. The summed E-state index contributed by atoms with van der Waals surface area (Å²) in [7, 11) is 0. The molecule has 0 amide bonds. The Kier molecular flexibility index (Phi) is 1.01. The van der Waals surface area contributed by atoms with Gasteiger partial charge in [-0.3, -0.25) is 5.43 Å². The first-order valence-electron chi connectivity index (χ1n) is 1.88. The van der Waals surface area contributed by atoms with E-state index >= 15 is 0 Å². The number of hydrazine groups is 1. The number of nitrogens with one attached hydrogen (secondary N) is 1. The minimum Gasteiger partial charge on any atom is -0.365 e.